The van der Waals surface area contributed by atoms with Crippen molar-refractivity contribution < 1.29 is 0 Å². The van der Waals surface area contributed by atoms with Crippen LogP contribution in [-0.4, -0.2) is 0 Å². The zero-order valence-electron chi connectivity index (χ0n) is 12.9. The van der Waals surface area contributed by atoms with Gasteiger partial charge in [-0.2, -0.15) is 0 Å². The first-order chi connectivity index (χ1) is 11.3. The van der Waals surface area contributed by atoms with E-state index in [1.54, 1.807) is 10.2 Å². The van der Waals surface area contributed by atoms with Gasteiger partial charge in [0.05, 0.1) is 0 Å². The van der Waals surface area contributed by atoms with Crippen LogP contribution in [0.3, 0.4) is 0 Å². The van der Waals surface area contributed by atoms with Crippen LogP contribution in [0.1, 0.15) is 11.1 Å². The third-order valence-corrected chi connectivity index (χ3v) is 8.17. The first-order valence-electron chi connectivity index (χ1n) is 7.85. The molecule has 0 bridgehead atoms. The van der Waals surface area contributed by atoms with E-state index in [9.17, 15) is 0 Å². The summed E-state index contributed by atoms with van der Waals surface area (Å²) in [5.41, 5.74) is 2.67. The highest BCUT2D eigenvalue weighted by atomic mass is 31.0. The molecule has 0 saturated heterocycles. The standard InChI is InChI=1S/C21H16P2/c1-3-13-12(2)8-9-16-17-11-10-15-14-6-4-5-7-18(14)22-20(15)21(17)23-19(13)16/h3-11,22-23H,1H2,2H3. The van der Waals surface area contributed by atoms with Gasteiger partial charge in [-0.15, -0.1) is 16.4 Å². The van der Waals surface area contributed by atoms with Gasteiger partial charge in [0.2, 0.25) is 0 Å². The number of benzene rings is 3. The van der Waals surface area contributed by atoms with E-state index in [1.807, 2.05) is 6.08 Å². The molecule has 0 aliphatic heterocycles. The lowest BCUT2D eigenvalue weighted by molar-refractivity contribution is 1.49. The molecular weight excluding hydrogens is 314 g/mol. The molecule has 2 unspecified atom stereocenters. The van der Waals surface area contributed by atoms with Gasteiger partial charge >= 0.3 is 0 Å². The van der Waals surface area contributed by atoms with Gasteiger partial charge in [0, 0.05) is 15.4 Å². The van der Waals surface area contributed by atoms with Crippen molar-refractivity contribution in [1.29, 1.82) is 0 Å². The zero-order valence-corrected chi connectivity index (χ0v) is 14.9. The van der Waals surface area contributed by atoms with E-state index in [0.29, 0.717) is 0 Å². The molecule has 23 heavy (non-hydrogen) atoms. The summed E-state index contributed by atoms with van der Waals surface area (Å²) >= 11 is 0. The minimum absolute atomic E-state index is 0.758. The second-order valence-electron chi connectivity index (χ2n) is 6.13. The molecule has 2 aromatic heterocycles. The maximum Gasteiger partial charge on any atom is 0.0110 e. The molecule has 2 heteroatoms. The third kappa shape index (κ3) is 1.74. The SMILES string of the molecule is C=Cc1c(C)ccc2c1[pH]c1c2ccc2c3ccccc3[pH]c21. The number of hydrogen-bond acceptors (Lipinski definition) is 0. The Hall–Kier alpha value is -2.00. The first-order valence-corrected chi connectivity index (χ1v) is 9.85. The van der Waals surface area contributed by atoms with Gasteiger partial charge in [-0.3, -0.25) is 0 Å². The fourth-order valence-electron chi connectivity index (χ4n) is 3.74. The molecule has 0 amide bonds. The predicted octanol–water partition coefficient (Wildman–Crippen LogP) is 7.31. The van der Waals surface area contributed by atoms with Gasteiger partial charge in [0.25, 0.3) is 0 Å². The molecule has 5 rings (SSSR count). The first kappa shape index (κ1) is 13.4. The van der Waals surface area contributed by atoms with Gasteiger partial charge in [0.15, 0.2) is 0 Å². The largest absolute Gasteiger partial charge is 0.122 e. The summed E-state index contributed by atoms with van der Waals surface area (Å²) in [4.78, 5) is 0. The van der Waals surface area contributed by atoms with Gasteiger partial charge in [-0.25, -0.2) is 0 Å². The Morgan fingerprint density at radius 2 is 1.39 bits per heavy atom. The van der Waals surface area contributed by atoms with Crippen molar-refractivity contribution in [2.24, 2.45) is 0 Å². The summed E-state index contributed by atoms with van der Waals surface area (Å²) in [6.45, 7) is 6.23. The van der Waals surface area contributed by atoms with Crippen molar-refractivity contribution in [3.8, 4) is 0 Å². The Balaban J connectivity index is 2.05. The normalized spacial score (nSPS) is 12.6. The zero-order chi connectivity index (χ0) is 15.6. The Kier molecular flexibility index (Phi) is 2.77. The smallest absolute Gasteiger partial charge is 0.0110 e. The van der Waals surface area contributed by atoms with E-state index in [1.165, 1.54) is 42.9 Å². The monoisotopic (exact) mass is 330 g/mol. The maximum absolute atomic E-state index is 4.04. The molecular formula is C21H16P2. The Morgan fingerprint density at radius 3 is 2.22 bits per heavy atom. The quantitative estimate of drug-likeness (QED) is 0.302. The van der Waals surface area contributed by atoms with Gasteiger partial charge in [-0.1, -0.05) is 61.2 Å². The highest BCUT2D eigenvalue weighted by molar-refractivity contribution is 7.50. The molecule has 0 nitrogen and oxygen atoms in total. The molecule has 2 heterocycles. The molecule has 5 aromatic rings. The predicted molar refractivity (Wildman–Crippen MR) is 110 cm³/mol. The Labute approximate surface area is 138 Å². The summed E-state index contributed by atoms with van der Waals surface area (Å²) in [7, 11) is 1.55. The van der Waals surface area contributed by atoms with E-state index in [-0.39, 0.29) is 0 Å². The highest BCUT2D eigenvalue weighted by Crippen LogP contribution is 2.49. The topological polar surface area (TPSA) is 0 Å². The minimum atomic E-state index is 0.758. The van der Waals surface area contributed by atoms with E-state index in [0.717, 1.165) is 16.4 Å². The molecule has 0 aliphatic carbocycles. The molecule has 0 aliphatic rings. The van der Waals surface area contributed by atoms with E-state index in [4.69, 9.17) is 0 Å². The molecule has 0 fully saturated rings. The molecule has 0 radical (unpaired) electrons. The Morgan fingerprint density at radius 1 is 0.739 bits per heavy atom. The Bertz CT molecular complexity index is 1230. The van der Waals surface area contributed by atoms with Crippen LogP contribution in [0.5, 0.6) is 0 Å². The van der Waals surface area contributed by atoms with Gasteiger partial charge in [0.1, 0.15) is 0 Å². The third-order valence-electron chi connectivity index (χ3n) is 4.89. The van der Waals surface area contributed by atoms with Crippen molar-refractivity contribution in [1.82, 2.24) is 0 Å². The lowest BCUT2D eigenvalue weighted by Crippen LogP contribution is -1.79. The van der Waals surface area contributed by atoms with Crippen molar-refractivity contribution >= 4 is 64.5 Å². The van der Waals surface area contributed by atoms with Gasteiger partial charge < -0.3 is 0 Å². The minimum Gasteiger partial charge on any atom is -0.122 e. The average Bonchev–Trinajstić information content (AvgIpc) is 3.12. The summed E-state index contributed by atoms with van der Waals surface area (Å²) in [6.07, 6.45) is 2.03. The van der Waals surface area contributed by atoms with E-state index < -0.39 is 0 Å². The van der Waals surface area contributed by atoms with Crippen molar-refractivity contribution in [2.75, 3.05) is 0 Å². The van der Waals surface area contributed by atoms with Crippen LogP contribution < -0.4 is 0 Å². The van der Waals surface area contributed by atoms with E-state index in [2.05, 4.69) is 62.0 Å². The van der Waals surface area contributed by atoms with Crippen LogP contribution in [0.25, 0.3) is 48.1 Å². The van der Waals surface area contributed by atoms with Crippen LogP contribution in [0.4, 0.5) is 0 Å². The van der Waals surface area contributed by atoms with Crippen molar-refractivity contribution in [3.05, 3.63) is 66.2 Å². The summed E-state index contributed by atoms with van der Waals surface area (Å²) in [6, 6.07) is 18.1. The fraction of sp³-hybridized carbons (Fsp3) is 0.0476. The summed E-state index contributed by atoms with van der Waals surface area (Å²) < 4.78 is 0. The van der Waals surface area contributed by atoms with Crippen LogP contribution in [0.15, 0.2) is 55.1 Å². The van der Waals surface area contributed by atoms with E-state index >= 15 is 0 Å². The molecule has 2 atom stereocenters. The molecule has 110 valence electrons. The maximum atomic E-state index is 4.04. The molecule has 0 saturated carbocycles. The second-order valence-corrected chi connectivity index (χ2v) is 8.67. The average molecular weight is 330 g/mol. The molecule has 0 N–H and O–H groups in total. The van der Waals surface area contributed by atoms with Crippen molar-refractivity contribution in [3.63, 3.8) is 0 Å². The molecule has 3 aromatic carbocycles. The number of fused-ring (bicyclic) bond motifs is 7. The highest BCUT2D eigenvalue weighted by Gasteiger charge is 2.12. The van der Waals surface area contributed by atoms with Crippen LogP contribution in [-0.2, 0) is 0 Å². The summed E-state index contributed by atoms with van der Waals surface area (Å²) in [5, 5.41) is 11.9. The fourth-order valence-corrected chi connectivity index (χ4v) is 7.18. The molecule has 0 spiro atoms. The number of aryl methyl sites for hydroxylation is 1. The number of hydrogen-bond donors (Lipinski definition) is 0. The lowest BCUT2D eigenvalue weighted by Gasteiger charge is -2.01. The van der Waals surface area contributed by atoms with Crippen LogP contribution in [0, 0.1) is 6.92 Å². The van der Waals surface area contributed by atoms with Crippen LogP contribution in [0.2, 0.25) is 0 Å². The summed E-state index contributed by atoms with van der Waals surface area (Å²) in [5.74, 6) is 0. The number of rotatable bonds is 1. The van der Waals surface area contributed by atoms with Gasteiger partial charge in [-0.05, 0) is 44.7 Å². The lowest BCUT2D eigenvalue weighted by atomic mass is 10.0. The second kappa shape index (κ2) is 4.75. The van der Waals surface area contributed by atoms with Crippen LogP contribution >= 0.6 is 16.4 Å². The van der Waals surface area contributed by atoms with Crippen molar-refractivity contribution in [2.45, 2.75) is 6.92 Å².